The first kappa shape index (κ1) is 12.8. The summed E-state index contributed by atoms with van der Waals surface area (Å²) < 4.78 is 0. The van der Waals surface area contributed by atoms with E-state index in [1.165, 1.54) is 16.7 Å². The molecule has 2 heteroatoms. The van der Waals surface area contributed by atoms with Gasteiger partial charge in [-0.2, -0.15) is 0 Å². The van der Waals surface area contributed by atoms with Crippen molar-refractivity contribution in [3.05, 3.63) is 34.9 Å². The van der Waals surface area contributed by atoms with Crippen LogP contribution in [0.2, 0.25) is 0 Å². The smallest absolute Gasteiger partial charge is 0.309 e. The second-order valence-corrected chi connectivity index (χ2v) is 4.69. The van der Waals surface area contributed by atoms with Gasteiger partial charge < -0.3 is 5.32 Å². The van der Waals surface area contributed by atoms with Crippen LogP contribution in [-0.4, -0.2) is 6.41 Å². The SMILES string of the molecule is CC(C)c1cccc(CN[C]=O)c1C(C)C. The van der Waals surface area contributed by atoms with E-state index in [2.05, 4.69) is 51.2 Å². The Bertz CT molecular complexity index is 356. The van der Waals surface area contributed by atoms with Gasteiger partial charge in [0.2, 0.25) is 0 Å². The Balaban J connectivity index is 3.15. The number of hydrogen-bond donors (Lipinski definition) is 1. The molecule has 0 fully saturated rings. The van der Waals surface area contributed by atoms with Crippen molar-refractivity contribution in [2.24, 2.45) is 0 Å². The highest BCUT2D eigenvalue weighted by Gasteiger charge is 2.13. The second kappa shape index (κ2) is 5.69. The minimum atomic E-state index is 0.474. The molecule has 0 aliphatic carbocycles. The predicted molar refractivity (Wildman–Crippen MR) is 67.2 cm³/mol. The van der Waals surface area contributed by atoms with E-state index >= 15 is 0 Å². The van der Waals surface area contributed by atoms with E-state index in [0.29, 0.717) is 18.4 Å². The fourth-order valence-corrected chi connectivity index (χ4v) is 2.13. The Morgan fingerprint density at radius 2 is 1.88 bits per heavy atom. The fraction of sp³-hybridized carbons (Fsp3) is 0.500. The number of hydrogen-bond acceptors (Lipinski definition) is 1. The highest BCUT2D eigenvalue weighted by molar-refractivity contribution is 5.48. The van der Waals surface area contributed by atoms with E-state index in [0.717, 1.165) is 0 Å². The molecule has 16 heavy (non-hydrogen) atoms. The Morgan fingerprint density at radius 1 is 1.19 bits per heavy atom. The second-order valence-electron chi connectivity index (χ2n) is 4.69. The van der Waals surface area contributed by atoms with Crippen molar-refractivity contribution in [1.29, 1.82) is 0 Å². The molecule has 0 aromatic heterocycles. The first-order chi connectivity index (χ1) is 7.57. The van der Waals surface area contributed by atoms with Crippen molar-refractivity contribution in [3.63, 3.8) is 0 Å². The molecule has 1 rings (SSSR count). The molecule has 0 saturated carbocycles. The molecule has 0 bridgehead atoms. The third-order valence-electron chi connectivity index (χ3n) is 2.78. The van der Waals surface area contributed by atoms with E-state index in [1.807, 2.05) is 0 Å². The molecule has 0 spiro atoms. The third kappa shape index (κ3) is 2.84. The van der Waals surface area contributed by atoms with Crippen LogP contribution in [0.1, 0.15) is 56.2 Å². The average Bonchev–Trinajstić information content (AvgIpc) is 2.25. The Morgan fingerprint density at radius 3 is 2.38 bits per heavy atom. The first-order valence-corrected chi connectivity index (χ1v) is 5.79. The van der Waals surface area contributed by atoms with Crippen LogP contribution in [0.3, 0.4) is 0 Å². The maximum atomic E-state index is 10.2. The van der Waals surface area contributed by atoms with Crippen LogP contribution in [0.5, 0.6) is 0 Å². The predicted octanol–water partition coefficient (Wildman–Crippen LogP) is 3.09. The summed E-state index contributed by atoms with van der Waals surface area (Å²) >= 11 is 0. The van der Waals surface area contributed by atoms with Gasteiger partial charge in [0.05, 0.1) is 0 Å². The number of nitrogens with one attached hydrogen (secondary N) is 1. The zero-order valence-corrected chi connectivity index (χ0v) is 10.5. The molecule has 87 valence electrons. The van der Waals surface area contributed by atoms with Crippen molar-refractivity contribution in [2.75, 3.05) is 0 Å². The summed E-state index contributed by atoms with van der Waals surface area (Å²) in [6, 6.07) is 6.31. The van der Waals surface area contributed by atoms with Crippen LogP contribution in [0.25, 0.3) is 0 Å². The molecule has 1 aromatic carbocycles. The lowest BCUT2D eigenvalue weighted by Gasteiger charge is -2.19. The minimum Gasteiger partial charge on any atom is -0.344 e. The van der Waals surface area contributed by atoms with Crippen LogP contribution in [-0.2, 0) is 11.3 Å². The zero-order valence-electron chi connectivity index (χ0n) is 10.5. The highest BCUT2D eigenvalue weighted by atomic mass is 16.1. The molecule has 1 radical (unpaired) electrons. The number of amides is 1. The molecule has 1 aromatic rings. The lowest BCUT2D eigenvalue weighted by atomic mass is 9.87. The van der Waals surface area contributed by atoms with E-state index < -0.39 is 0 Å². The minimum absolute atomic E-state index is 0.474. The monoisotopic (exact) mass is 218 g/mol. The van der Waals surface area contributed by atoms with Crippen LogP contribution in [0, 0.1) is 0 Å². The van der Waals surface area contributed by atoms with Crippen LogP contribution in [0.15, 0.2) is 18.2 Å². The summed E-state index contributed by atoms with van der Waals surface area (Å²) in [7, 11) is 0. The van der Waals surface area contributed by atoms with Crippen molar-refractivity contribution < 1.29 is 4.79 Å². The Hall–Kier alpha value is -1.31. The van der Waals surface area contributed by atoms with Gasteiger partial charge in [-0.15, -0.1) is 0 Å². The average molecular weight is 218 g/mol. The fourth-order valence-electron chi connectivity index (χ4n) is 2.13. The first-order valence-electron chi connectivity index (χ1n) is 5.79. The lowest BCUT2D eigenvalue weighted by Crippen LogP contribution is -2.13. The molecule has 0 aliphatic heterocycles. The van der Waals surface area contributed by atoms with Gasteiger partial charge in [-0.05, 0) is 28.5 Å². The van der Waals surface area contributed by atoms with Crippen molar-refractivity contribution in [3.8, 4) is 0 Å². The van der Waals surface area contributed by atoms with E-state index in [4.69, 9.17) is 0 Å². The molecule has 1 N–H and O–H groups in total. The van der Waals surface area contributed by atoms with Gasteiger partial charge in [0, 0.05) is 6.54 Å². The van der Waals surface area contributed by atoms with Crippen LogP contribution >= 0.6 is 0 Å². The largest absolute Gasteiger partial charge is 0.344 e. The molecule has 0 unspecified atom stereocenters. The van der Waals surface area contributed by atoms with E-state index in [1.54, 1.807) is 6.41 Å². The molecule has 0 aliphatic rings. The van der Waals surface area contributed by atoms with Gasteiger partial charge in [0.15, 0.2) is 0 Å². The van der Waals surface area contributed by atoms with Crippen LogP contribution < -0.4 is 5.32 Å². The maximum absolute atomic E-state index is 10.2. The molecular weight excluding hydrogens is 198 g/mol. The maximum Gasteiger partial charge on any atom is 0.309 e. The van der Waals surface area contributed by atoms with Crippen molar-refractivity contribution in [1.82, 2.24) is 5.32 Å². The summed E-state index contributed by atoms with van der Waals surface area (Å²) in [5.41, 5.74) is 3.94. The number of benzene rings is 1. The lowest BCUT2D eigenvalue weighted by molar-refractivity contribution is 0.541. The third-order valence-corrected chi connectivity index (χ3v) is 2.78. The summed E-state index contributed by atoms with van der Waals surface area (Å²) in [6.07, 6.45) is 1.73. The van der Waals surface area contributed by atoms with Gasteiger partial charge in [0.1, 0.15) is 0 Å². The zero-order chi connectivity index (χ0) is 12.1. The molecular formula is C14H20NO. The molecule has 0 saturated heterocycles. The summed E-state index contributed by atoms with van der Waals surface area (Å²) in [5.74, 6) is 0.986. The standard InChI is InChI=1S/C14H20NO/c1-10(2)13-7-5-6-12(8-15-9-16)14(13)11(3)4/h5-7,10-11H,8H2,1-4H3,(H,15,16). The number of rotatable bonds is 5. The summed E-state index contributed by atoms with van der Waals surface area (Å²) in [4.78, 5) is 10.2. The van der Waals surface area contributed by atoms with Crippen LogP contribution in [0.4, 0.5) is 0 Å². The van der Waals surface area contributed by atoms with E-state index in [-0.39, 0.29) is 0 Å². The van der Waals surface area contributed by atoms with E-state index in [9.17, 15) is 4.79 Å². The molecule has 1 amide bonds. The van der Waals surface area contributed by atoms with Gasteiger partial charge in [-0.1, -0.05) is 45.9 Å². The Kier molecular flexibility index (Phi) is 4.53. The molecule has 0 atom stereocenters. The topological polar surface area (TPSA) is 29.1 Å². The van der Waals surface area contributed by atoms with Crippen molar-refractivity contribution >= 4 is 6.41 Å². The van der Waals surface area contributed by atoms with Gasteiger partial charge >= 0.3 is 6.41 Å². The van der Waals surface area contributed by atoms with Gasteiger partial charge in [-0.3, -0.25) is 4.79 Å². The Labute approximate surface area is 98.1 Å². The normalized spacial score (nSPS) is 10.9. The molecule has 2 nitrogen and oxygen atoms in total. The van der Waals surface area contributed by atoms with Gasteiger partial charge in [-0.25, -0.2) is 0 Å². The summed E-state index contributed by atoms with van der Waals surface area (Å²) in [5, 5.41) is 2.62. The molecule has 0 heterocycles. The highest BCUT2D eigenvalue weighted by Crippen LogP contribution is 2.29. The quantitative estimate of drug-likeness (QED) is 0.756. The summed E-state index contributed by atoms with van der Waals surface area (Å²) in [6.45, 7) is 9.34. The number of carbonyl (C=O) groups excluding carboxylic acids is 1. The van der Waals surface area contributed by atoms with Crippen molar-refractivity contribution in [2.45, 2.75) is 46.1 Å². The van der Waals surface area contributed by atoms with Gasteiger partial charge in [0.25, 0.3) is 0 Å².